The van der Waals surface area contributed by atoms with E-state index < -0.39 is 0 Å². The van der Waals surface area contributed by atoms with Gasteiger partial charge in [0.05, 0.1) is 11.1 Å². The number of aryl methyl sites for hydroxylation is 1. The number of thioether (sulfide) groups is 1. The minimum Gasteiger partial charge on any atom is -0.300 e. The average Bonchev–Trinajstić information content (AvgIpc) is 2.67. The molecule has 2 atom stereocenters. The van der Waals surface area contributed by atoms with Gasteiger partial charge < -0.3 is 5.32 Å². The van der Waals surface area contributed by atoms with Gasteiger partial charge in [-0.2, -0.15) is 5.10 Å². The molecule has 2 unspecified atom stereocenters. The summed E-state index contributed by atoms with van der Waals surface area (Å²) >= 11 is 1.99. The summed E-state index contributed by atoms with van der Waals surface area (Å²) in [7, 11) is 0. The van der Waals surface area contributed by atoms with E-state index in [0.29, 0.717) is 5.37 Å². The molecule has 2 heterocycles. The molecule has 3 nitrogen and oxygen atoms in total. The van der Waals surface area contributed by atoms with E-state index >= 15 is 0 Å². The van der Waals surface area contributed by atoms with Gasteiger partial charge in [0.25, 0.3) is 0 Å². The summed E-state index contributed by atoms with van der Waals surface area (Å²) in [6.07, 6.45) is 1.89. The van der Waals surface area contributed by atoms with E-state index in [9.17, 15) is 0 Å². The van der Waals surface area contributed by atoms with Crippen LogP contribution in [0.4, 0.5) is 0 Å². The van der Waals surface area contributed by atoms with E-state index in [2.05, 4.69) is 35.0 Å². The Morgan fingerprint density at radius 1 is 1.71 bits per heavy atom. The van der Waals surface area contributed by atoms with Crippen molar-refractivity contribution in [2.24, 2.45) is 5.92 Å². The average molecular weight is 211 g/mol. The SMILES string of the molecule is CCn1nccc1C1NCC(C)CS1. The second kappa shape index (κ2) is 4.36. The number of hydrogen-bond acceptors (Lipinski definition) is 3. The van der Waals surface area contributed by atoms with Crippen molar-refractivity contribution >= 4 is 11.8 Å². The van der Waals surface area contributed by atoms with Crippen molar-refractivity contribution in [2.75, 3.05) is 12.3 Å². The lowest BCUT2D eigenvalue weighted by Gasteiger charge is -2.27. The van der Waals surface area contributed by atoms with Gasteiger partial charge in [0.2, 0.25) is 0 Å². The van der Waals surface area contributed by atoms with Crippen LogP contribution in [0.3, 0.4) is 0 Å². The fourth-order valence-corrected chi connectivity index (χ4v) is 2.93. The molecule has 0 radical (unpaired) electrons. The summed E-state index contributed by atoms with van der Waals surface area (Å²) < 4.78 is 2.07. The molecule has 1 aromatic rings. The van der Waals surface area contributed by atoms with Gasteiger partial charge in [-0.1, -0.05) is 6.92 Å². The molecule has 0 aromatic carbocycles. The van der Waals surface area contributed by atoms with Crippen LogP contribution >= 0.6 is 11.8 Å². The van der Waals surface area contributed by atoms with Gasteiger partial charge in [0, 0.05) is 12.7 Å². The van der Waals surface area contributed by atoms with Gasteiger partial charge in [-0.05, 0) is 31.2 Å². The number of aromatic nitrogens is 2. The molecule has 2 rings (SSSR count). The first kappa shape index (κ1) is 10.1. The molecule has 1 N–H and O–H groups in total. The monoisotopic (exact) mass is 211 g/mol. The lowest BCUT2D eigenvalue weighted by atomic mass is 10.2. The van der Waals surface area contributed by atoms with Crippen LogP contribution < -0.4 is 5.32 Å². The third-order valence-corrected chi connectivity index (χ3v) is 4.02. The summed E-state index contributed by atoms with van der Waals surface area (Å²) in [5.41, 5.74) is 1.31. The standard InChI is InChI=1S/C10H17N3S/c1-3-13-9(4-5-12-13)10-11-6-8(2)7-14-10/h4-5,8,10-11H,3,6-7H2,1-2H3. The van der Waals surface area contributed by atoms with E-state index in [0.717, 1.165) is 19.0 Å². The Kier molecular flexibility index (Phi) is 3.13. The molecule has 0 spiro atoms. The van der Waals surface area contributed by atoms with E-state index in [1.165, 1.54) is 11.4 Å². The van der Waals surface area contributed by atoms with Crippen LogP contribution in [0.25, 0.3) is 0 Å². The fourth-order valence-electron chi connectivity index (χ4n) is 1.71. The van der Waals surface area contributed by atoms with Gasteiger partial charge in [-0.15, -0.1) is 11.8 Å². The van der Waals surface area contributed by atoms with Gasteiger partial charge >= 0.3 is 0 Å². The molecule has 14 heavy (non-hydrogen) atoms. The van der Waals surface area contributed by atoms with Gasteiger partial charge in [0.1, 0.15) is 0 Å². The first-order valence-electron chi connectivity index (χ1n) is 5.18. The van der Waals surface area contributed by atoms with Crippen molar-refractivity contribution in [3.05, 3.63) is 18.0 Å². The number of nitrogens with one attached hydrogen (secondary N) is 1. The maximum Gasteiger partial charge on any atom is 0.0959 e. The Labute approximate surface area is 89.3 Å². The molecule has 78 valence electrons. The second-order valence-corrected chi connectivity index (χ2v) is 4.94. The molecule has 1 aliphatic heterocycles. The predicted octanol–water partition coefficient (Wildman–Crippen LogP) is 1.87. The molecule has 1 aliphatic rings. The third kappa shape index (κ3) is 1.96. The van der Waals surface area contributed by atoms with Crippen LogP contribution in [0, 0.1) is 5.92 Å². The molecule has 1 saturated heterocycles. The van der Waals surface area contributed by atoms with Gasteiger partial charge in [-0.25, -0.2) is 0 Å². The highest BCUT2D eigenvalue weighted by atomic mass is 32.2. The Morgan fingerprint density at radius 3 is 3.21 bits per heavy atom. The number of hydrogen-bond donors (Lipinski definition) is 1. The van der Waals surface area contributed by atoms with Crippen molar-refractivity contribution in [3.63, 3.8) is 0 Å². The summed E-state index contributed by atoms with van der Waals surface area (Å²) in [4.78, 5) is 0. The summed E-state index contributed by atoms with van der Waals surface area (Å²) in [6, 6.07) is 2.12. The molecule has 0 amide bonds. The zero-order valence-electron chi connectivity index (χ0n) is 8.73. The summed E-state index contributed by atoms with van der Waals surface area (Å²) in [6.45, 7) is 6.49. The van der Waals surface area contributed by atoms with Crippen molar-refractivity contribution in [2.45, 2.75) is 25.8 Å². The third-order valence-electron chi connectivity index (χ3n) is 2.52. The van der Waals surface area contributed by atoms with Crippen molar-refractivity contribution in [3.8, 4) is 0 Å². The van der Waals surface area contributed by atoms with E-state index in [1.54, 1.807) is 0 Å². The molecule has 0 aliphatic carbocycles. The maximum absolute atomic E-state index is 4.29. The lowest BCUT2D eigenvalue weighted by Crippen LogP contribution is -2.32. The van der Waals surface area contributed by atoms with E-state index in [1.807, 2.05) is 18.0 Å². The second-order valence-electron chi connectivity index (χ2n) is 3.80. The molecule has 1 fully saturated rings. The topological polar surface area (TPSA) is 29.9 Å². The van der Waals surface area contributed by atoms with Crippen LogP contribution in [0.15, 0.2) is 12.3 Å². The lowest BCUT2D eigenvalue weighted by molar-refractivity contribution is 0.503. The predicted molar refractivity (Wildman–Crippen MR) is 60.3 cm³/mol. The quantitative estimate of drug-likeness (QED) is 0.810. The van der Waals surface area contributed by atoms with Crippen LogP contribution in [0.1, 0.15) is 24.9 Å². The molecule has 4 heteroatoms. The van der Waals surface area contributed by atoms with E-state index in [-0.39, 0.29) is 0 Å². The number of nitrogens with zero attached hydrogens (tertiary/aromatic N) is 2. The maximum atomic E-state index is 4.29. The van der Waals surface area contributed by atoms with Crippen LogP contribution in [0.5, 0.6) is 0 Å². The van der Waals surface area contributed by atoms with Gasteiger partial charge in [0.15, 0.2) is 0 Å². The normalized spacial score (nSPS) is 27.9. The highest BCUT2D eigenvalue weighted by Crippen LogP contribution is 2.30. The molecular weight excluding hydrogens is 194 g/mol. The fraction of sp³-hybridized carbons (Fsp3) is 0.700. The Bertz CT molecular complexity index is 289. The number of rotatable bonds is 2. The van der Waals surface area contributed by atoms with E-state index in [4.69, 9.17) is 0 Å². The molecule has 0 bridgehead atoms. The highest BCUT2D eigenvalue weighted by Gasteiger charge is 2.21. The highest BCUT2D eigenvalue weighted by molar-refractivity contribution is 7.99. The Balaban J connectivity index is 2.08. The summed E-state index contributed by atoms with van der Waals surface area (Å²) in [5, 5.41) is 8.28. The van der Waals surface area contributed by atoms with Crippen molar-refractivity contribution in [1.82, 2.24) is 15.1 Å². The minimum absolute atomic E-state index is 0.439. The smallest absolute Gasteiger partial charge is 0.0959 e. The van der Waals surface area contributed by atoms with Crippen LogP contribution in [-0.2, 0) is 6.54 Å². The molecular formula is C10H17N3S. The zero-order valence-corrected chi connectivity index (χ0v) is 9.55. The first-order chi connectivity index (χ1) is 6.81. The van der Waals surface area contributed by atoms with Crippen molar-refractivity contribution < 1.29 is 0 Å². The van der Waals surface area contributed by atoms with Crippen LogP contribution in [-0.4, -0.2) is 22.1 Å². The summed E-state index contributed by atoms with van der Waals surface area (Å²) in [5.74, 6) is 2.03. The van der Waals surface area contributed by atoms with Gasteiger partial charge in [-0.3, -0.25) is 4.68 Å². The van der Waals surface area contributed by atoms with Crippen LogP contribution in [0.2, 0.25) is 0 Å². The Hall–Kier alpha value is -0.480. The zero-order chi connectivity index (χ0) is 9.97. The minimum atomic E-state index is 0.439. The molecule has 0 saturated carbocycles. The Morgan fingerprint density at radius 2 is 2.57 bits per heavy atom. The van der Waals surface area contributed by atoms with Crippen molar-refractivity contribution in [1.29, 1.82) is 0 Å². The largest absolute Gasteiger partial charge is 0.300 e. The molecule has 1 aromatic heterocycles. The first-order valence-corrected chi connectivity index (χ1v) is 6.23.